The third kappa shape index (κ3) is 3.17. The Kier molecular flexibility index (Phi) is 4.27. The van der Waals surface area contributed by atoms with Gasteiger partial charge in [-0.05, 0) is 37.3 Å². The maximum atomic E-state index is 13.7. The summed E-state index contributed by atoms with van der Waals surface area (Å²) in [6.07, 6.45) is 0. The van der Waals surface area contributed by atoms with E-state index in [1.54, 1.807) is 25.1 Å². The van der Waals surface area contributed by atoms with Crippen LogP contribution in [0, 0.1) is 11.6 Å². The van der Waals surface area contributed by atoms with Crippen molar-refractivity contribution >= 4 is 28.9 Å². The topological polar surface area (TPSA) is 12.0 Å². The summed E-state index contributed by atoms with van der Waals surface area (Å²) in [6.45, 7) is 1.71. The zero-order valence-electron chi connectivity index (χ0n) is 10.1. The summed E-state index contributed by atoms with van der Waals surface area (Å²) in [6, 6.07) is 7.91. The van der Waals surface area contributed by atoms with E-state index < -0.39 is 17.7 Å². The fourth-order valence-electron chi connectivity index (χ4n) is 1.78. The van der Waals surface area contributed by atoms with E-state index in [0.29, 0.717) is 15.7 Å². The Labute approximate surface area is 120 Å². The summed E-state index contributed by atoms with van der Waals surface area (Å²) >= 11 is 12.0. The molecular formula is C14H11Cl2F2N. The van der Waals surface area contributed by atoms with E-state index in [0.717, 1.165) is 18.2 Å². The number of halogens is 4. The smallest absolute Gasteiger partial charge is 0.128 e. The summed E-state index contributed by atoms with van der Waals surface area (Å²) in [5.74, 6) is -0.972. The van der Waals surface area contributed by atoms with Gasteiger partial charge in [-0.2, -0.15) is 0 Å². The third-order valence-electron chi connectivity index (χ3n) is 2.75. The summed E-state index contributed by atoms with van der Waals surface area (Å²) in [5, 5.41) is 3.85. The molecule has 1 atom stereocenters. The van der Waals surface area contributed by atoms with E-state index in [-0.39, 0.29) is 5.56 Å². The molecule has 2 rings (SSSR count). The van der Waals surface area contributed by atoms with Crippen LogP contribution >= 0.6 is 23.2 Å². The van der Waals surface area contributed by atoms with Crippen molar-refractivity contribution in [1.29, 1.82) is 0 Å². The SMILES string of the molecule is CC(Nc1c(Cl)cccc1Cl)c1cc(F)ccc1F. The molecule has 1 N–H and O–H groups in total. The van der Waals surface area contributed by atoms with Crippen molar-refractivity contribution in [2.45, 2.75) is 13.0 Å². The van der Waals surface area contributed by atoms with Gasteiger partial charge in [-0.15, -0.1) is 0 Å². The highest BCUT2D eigenvalue weighted by atomic mass is 35.5. The van der Waals surface area contributed by atoms with E-state index in [4.69, 9.17) is 23.2 Å². The molecule has 0 heterocycles. The lowest BCUT2D eigenvalue weighted by molar-refractivity contribution is 0.577. The van der Waals surface area contributed by atoms with Crippen LogP contribution in [-0.2, 0) is 0 Å². The van der Waals surface area contributed by atoms with E-state index in [1.165, 1.54) is 0 Å². The lowest BCUT2D eigenvalue weighted by Crippen LogP contribution is -2.09. The molecule has 0 aliphatic heterocycles. The Morgan fingerprint density at radius 1 is 1.05 bits per heavy atom. The van der Waals surface area contributed by atoms with Crippen molar-refractivity contribution < 1.29 is 8.78 Å². The predicted molar refractivity (Wildman–Crippen MR) is 74.9 cm³/mol. The van der Waals surface area contributed by atoms with Gasteiger partial charge >= 0.3 is 0 Å². The molecule has 100 valence electrons. The predicted octanol–water partition coefficient (Wildman–Crippen LogP) is 5.44. The summed E-state index contributed by atoms with van der Waals surface area (Å²) in [7, 11) is 0. The molecule has 1 unspecified atom stereocenters. The van der Waals surface area contributed by atoms with E-state index in [1.807, 2.05) is 0 Å². The normalized spacial score (nSPS) is 12.3. The number of benzene rings is 2. The van der Waals surface area contributed by atoms with Crippen LogP contribution in [-0.4, -0.2) is 0 Å². The van der Waals surface area contributed by atoms with E-state index >= 15 is 0 Å². The minimum absolute atomic E-state index is 0.219. The second-order valence-corrected chi connectivity index (χ2v) is 4.94. The maximum Gasteiger partial charge on any atom is 0.128 e. The highest BCUT2D eigenvalue weighted by Crippen LogP contribution is 2.33. The lowest BCUT2D eigenvalue weighted by atomic mass is 10.1. The average molecular weight is 302 g/mol. The highest BCUT2D eigenvalue weighted by Gasteiger charge is 2.14. The standard InChI is InChI=1S/C14H11Cl2F2N/c1-8(10-7-9(17)5-6-13(10)18)19-14-11(15)3-2-4-12(14)16/h2-8,19H,1H3. The molecule has 0 aliphatic rings. The lowest BCUT2D eigenvalue weighted by Gasteiger charge is -2.18. The summed E-state index contributed by atoms with van der Waals surface area (Å²) in [4.78, 5) is 0. The fourth-order valence-corrected chi connectivity index (χ4v) is 2.28. The van der Waals surface area contributed by atoms with E-state index in [9.17, 15) is 8.78 Å². The van der Waals surface area contributed by atoms with Gasteiger partial charge in [-0.1, -0.05) is 29.3 Å². The van der Waals surface area contributed by atoms with Gasteiger partial charge in [-0.25, -0.2) is 8.78 Å². The Hall–Kier alpha value is -1.32. The molecule has 0 radical (unpaired) electrons. The van der Waals surface area contributed by atoms with Crippen molar-refractivity contribution in [1.82, 2.24) is 0 Å². The van der Waals surface area contributed by atoms with Crippen molar-refractivity contribution in [2.24, 2.45) is 0 Å². The molecule has 1 nitrogen and oxygen atoms in total. The first-order valence-corrected chi connectivity index (χ1v) is 6.40. The minimum Gasteiger partial charge on any atom is -0.376 e. The molecule has 2 aromatic carbocycles. The molecule has 0 saturated heterocycles. The van der Waals surface area contributed by atoms with Gasteiger partial charge in [0, 0.05) is 5.56 Å². The summed E-state index contributed by atoms with van der Waals surface area (Å²) < 4.78 is 26.8. The van der Waals surface area contributed by atoms with Gasteiger partial charge in [0.2, 0.25) is 0 Å². The molecular weight excluding hydrogens is 291 g/mol. The zero-order chi connectivity index (χ0) is 14.0. The average Bonchev–Trinajstić information content (AvgIpc) is 2.37. The maximum absolute atomic E-state index is 13.7. The van der Waals surface area contributed by atoms with Gasteiger partial charge in [0.15, 0.2) is 0 Å². The first kappa shape index (κ1) is 14.1. The Bertz CT molecular complexity index is 582. The molecule has 2 aromatic rings. The van der Waals surface area contributed by atoms with Gasteiger partial charge in [0.05, 0.1) is 21.8 Å². The largest absolute Gasteiger partial charge is 0.376 e. The monoisotopic (exact) mass is 301 g/mol. The quantitative estimate of drug-likeness (QED) is 0.795. The number of para-hydroxylation sites is 1. The molecule has 0 fully saturated rings. The number of hydrogen-bond donors (Lipinski definition) is 1. The molecule has 0 aliphatic carbocycles. The van der Waals surface area contributed by atoms with Crippen LogP contribution in [0.4, 0.5) is 14.5 Å². The molecule has 0 aromatic heterocycles. The molecule has 19 heavy (non-hydrogen) atoms. The first-order chi connectivity index (χ1) is 8.99. The Morgan fingerprint density at radius 3 is 2.32 bits per heavy atom. The van der Waals surface area contributed by atoms with Crippen molar-refractivity contribution in [3.05, 3.63) is 63.6 Å². The Balaban J connectivity index is 2.31. The molecule has 5 heteroatoms. The van der Waals surface area contributed by atoms with Gasteiger partial charge < -0.3 is 5.32 Å². The second-order valence-electron chi connectivity index (χ2n) is 4.13. The number of anilines is 1. The number of nitrogens with one attached hydrogen (secondary N) is 1. The van der Waals surface area contributed by atoms with Crippen LogP contribution in [0.2, 0.25) is 10.0 Å². The highest BCUT2D eigenvalue weighted by molar-refractivity contribution is 6.39. The fraction of sp³-hybridized carbons (Fsp3) is 0.143. The second kappa shape index (κ2) is 5.76. The zero-order valence-corrected chi connectivity index (χ0v) is 11.6. The summed E-state index contributed by atoms with van der Waals surface area (Å²) in [5.41, 5.74) is 0.720. The third-order valence-corrected chi connectivity index (χ3v) is 3.38. The van der Waals surface area contributed by atoms with Gasteiger partial charge in [0.25, 0.3) is 0 Å². The number of rotatable bonds is 3. The van der Waals surface area contributed by atoms with Crippen molar-refractivity contribution in [3.8, 4) is 0 Å². The molecule has 0 saturated carbocycles. The molecule has 0 bridgehead atoms. The van der Waals surface area contributed by atoms with Gasteiger partial charge in [0.1, 0.15) is 11.6 Å². The van der Waals surface area contributed by atoms with Crippen LogP contribution in [0.15, 0.2) is 36.4 Å². The minimum atomic E-state index is -0.490. The van der Waals surface area contributed by atoms with Crippen LogP contribution in [0.1, 0.15) is 18.5 Å². The van der Waals surface area contributed by atoms with Crippen LogP contribution in [0.3, 0.4) is 0 Å². The van der Waals surface area contributed by atoms with Crippen LogP contribution < -0.4 is 5.32 Å². The molecule has 0 amide bonds. The van der Waals surface area contributed by atoms with Crippen LogP contribution in [0.25, 0.3) is 0 Å². The van der Waals surface area contributed by atoms with Crippen molar-refractivity contribution in [2.75, 3.05) is 5.32 Å². The Morgan fingerprint density at radius 2 is 1.68 bits per heavy atom. The van der Waals surface area contributed by atoms with Crippen LogP contribution in [0.5, 0.6) is 0 Å². The first-order valence-electron chi connectivity index (χ1n) is 5.64. The van der Waals surface area contributed by atoms with Gasteiger partial charge in [-0.3, -0.25) is 0 Å². The van der Waals surface area contributed by atoms with Crippen molar-refractivity contribution in [3.63, 3.8) is 0 Å². The number of hydrogen-bond acceptors (Lipinski definition) is 1. The molecule has 0 spiro atoms. The van der Waals surface area contributed by atoms with E-state index in [2.05, 4.69) is 5.32 Å².